The van der Waals surface area contributed by atoms with Crippen molar-refractivity contribution in [3.63, 3.8) is 0 Å². The van der Waals surface area contributed by atoms with E-state index < -0.39 is 23.5 Å². The smallest absolute Gasteiger partial charge is 0.407 e. The van der Waals surface area contributed by atoms with Crippen LogP contribution in [-0.2, 0) is 14.3 Å². The van der Waals surface area contributed by atoms with Gasteiger partial charge in [-0.05, 0) is 55.9 Å². The van der Waals surface area contributed by atoms with E-state index in [2.05, 4.69) is 29.6 Å². The number of aliphatic carboxylic acids is 1. The molecule has 1 saturated heterocycles. The number of nitrogens with one attached hydrogen (secondary N) is 1. The molecule has 180 valence electrons. The number of ether oxygens (including phenoxy) is 1. The van der Waals surface area contributed by atoms with Gasteiger partial charge in [-0.1, -0.05) is 48.5 Å². The highest BCUT2D eigenvalue weighted by Crippen LogP contribution is 2.44. The van der Waals surface area contributed by atoms with Crippen LogP contribution in [0.2, 0.25) is 0 Å². The Morgan fingerprint density at radius 1 is 1.06 bits per heavy atom. The van der Waals surface area contributed by atoms with Gasteiger partial charge in [0.25, 0.3) is 0 Å². The fraction of sp³-hybridized carbons (Fsp3) is 0.444. The number of alkyl carbamates (subject to hydrolysis) is 1. The number of hydrogen-bond donors (Lipinski definition) is 2. The molecular weight excluding hydrogens is 432 g/mol. The van der Waals surface area contributed by atoms with E-state index in [4.69, 9.17) is 4.74 Å². The van der Waals surface area contributed by atoms with Crippen molar-refractivity contribution in [1.82, 2.24) is 10.2 Å². The molecule has 2 aliphatic rings. The maximum Gasteiger partial charge on any atom is 0.407 e. The predicted molar refractivity (Wildman–Crippen MR) is 128 cm³/mol. The Hall–Kier alpha value is -3.35. The summed E-state index contributed by atoms with van der Waals surface area (Å²) in [4.78, 5) is 38.2. The zero-order valence-electron chi connectivity index (χ0n) is 19.9. The van der Waals surface area contributed by atoms with Crippen molar-refractivity contribution >= 4 is 18.0 Å². The van der Waals surface area contributed by atoms with Gasteiger partial charge in [0.2, 0.25) is 5.91 Å². The number of rotatable bonds is 7. The number of carbonyl (C=O) groups excluding carboxylic acids is 2. The fourth-order valence-electron chi connectivity index (χ4n) is 5.16. The zero-order valence-corrected chi connectivity index (χ0v) is 19.9. The highest BCUT2D eigenvalue weighted by molar-refractivity contribution is 5.80. The lowest BCUT2D eigenvalue weighted by atomic mass is 9.97. The molecule has 7 heteroatoms. The molecule has 2 atom stereocenters. The van der Waals surface area contributed by atoms with E-state index in [1.165, 1.54) is 11.1 Å². The number of carboxylic acids is 1. The number of amides is 2. The van der Waals surface area contributed by atoms with Crippen LogP contribution in [0.5, 0.6) is 0 Å². The number of carbonyl (C=O) groups is 3. The summed E-state index contributed by atoms with van der Waals surface area (Å²) in [6.45, 7) is 6.18. The van der Waals surface area contributed by atoms with E-state index in [-0.39, 0.29) is 30.9 Å². The lowest BCUT2D eigenvalue weighted by Crippen LogP contribution is -2.45. The third-order valence-corrected chi connectivity index (χ3v) is 7.14. The average molecular weight is 465 g/mol. The van der Waals surface area contributed by atoms with E-state index in [1.54, 1.807) is 11.8 Å². The van der Waals surface area contributed by atoms with E-state index in [0.29, 0.717) is 19.4 Å². The minimum Gasteiger partial charge on any atom is -0.481 e. The number of likely N-dealkylation sites (tertiary alicyclic amines) is 1. The summed E-state index contributed by atoms with van der Waals surface area (Å²) in [5.74, 6) is -1.48. The molecule has 1 fully saturated rings. The topological polar surface area (TPSA) is 95.9 Å². The largest absolute Gasteiger partial charge is 0.481 e. The van der Waals surface area contributed by atoms with Crippen LogP contribution in [0.25, 0.3) is 11.1 Å². The van der Waals surface area contributed by atoms with Gasteiger partial charge in [0.15, 0.2) is 0 Å². The molecule has 0 saturated carbocycles. The van der Waals surface area contributed by atoms with Crippen LogP contribution >= 0.6 is 0 Å². The predicted octanol–water partition coefficient (Wildman–Crippen LogP) is 4.41. The summed E-state index contributed by atoms with van der Waals surface area (Å²) in [6.07, 6.45) is 0.619. The van der Waals surface area contributed by atoms with E-state index in [1.807, 2.05) is 38.1 Å². The fourth-order valence-corrected chi connectivity index (χ4v) is 5.16. The Bertz CT molecular complexity index is 1050. The average Bonchev–Trinajstić information content (AvgIpc) is 3.34. The van der Waals surface area contributed by atoms with Crippen LogP contribution < -0.4 is 5.32 Å². The van der Waals surface area contributed by atoms with Gasteiger partial charge >= 0.3 is 12.1 Å². The molecule has 0 aromatic heterocycles. The number of benzene rings is 2. The molecule has 0 spiro atoms. The second kappa shape index (κ2) is 9.49. The monoisotopic (exact) mass is 464 g/mol. The minimum atomic E-state index is -0.861. The molecule has 1 aliphatic carbocycles. The van der Waals surface area contributed by atoms with E-state index in [0.717, 1.165) is 11.1 Å². The first-order valence-corrected chi connectivity index (χ1v) is 11.8. The van der Waals surface area contributed by atoms with Crippen LogP contribution in [0.3, 0.4) is 0 Å². The summed E-state index contributed by atoms with van der Waals surface area (Å²) in [7, 11) is 0. The van der Waals surface area contributed by atoms with Gasteiger partial charge in [0, 0.05) is 30.5 Å². The van der Waals surface area contributed by atoms with Crippen LogP contribution in [0.15, 0.2) is 48.5 Å². The first-order valence-electron chi connectivity index (χ1n) is 11.8. The maximum atomic E-state index is 12.7. The number of hydrogen-bond acceptors (Lipinski definition) is 4. The number of carboxylic acid groups (broad SMARTS) is 1. The van der Waals surface area contributed by atoms with Crippen LogP contribution in [0.4, 0.5) is 4.79 Å². The molecular formula is C27H32N2O5. The standard InChI is InChI=1S/C27H32N2O5/c1-17-18(25(31)32)13-15-29(17)24(30)12-14-27(2,3)28-26(33)34-16-23-21-10-6-4-8-19(21)20-9-5-7-11-22(20)23/h4-11,17-18,23H,12-16H2,1-3H3,(H,28,33)(H,31,32). The minimum absolute atomic E-state index is 0.0123. The molecule has 4 rings (SSSR count). The van der Waals surface area contributed by atoms with Gasteiger partial charge in [0.1, 0.15) is 6.61 Å². The van der Waals surface area contributed by atoms with Crippen molar-refractivity contribution < 1.29 is 24.2 Å². The summed E-state index contributed by atoms with van der Waals surface area (Å²) in [5, 5.41) is 12.2. The Morgan fingerprint density at radius 3 is 2.21 bits per heavy atom. The Kier molecular flexibility index (Phi) is 6.64. The molecule has 7 nitrogen and oxygen atoms in total. The lowest BCUT2D eigenvalue weighted by Gasteiger charge is -2.28. The highest BCUT2D eigenvalue weighted by Gasteiger charge is 2.38. The number of fused-ring (bicyclic) bond motifs is 3. The van der Waals surface area contributed by atoms with Crippen molar-refractivity contribution in [2.75, 3.05) is 13.2 Å². The Balaban J connectivity index is 1.30. The molecule has 2 N–H and O–H groups in total. The second-order valence-electron chi connectivity index (χ2n) is 9.90. The molecule has 2 aromatic rings. The zero-order chi connectivity index (χ0) is 24.5. The molecule has 1 aliphatic heterocycles. The number of nitrogens with zero attached hydrogens (tertiary/aromatic N) is 1. The van der Waals surface area contributed by atoms with Crippen molar-refractivity contribution in [3.05, 3.63) is 59.7 Å². The van der Waals surface area contributed by atoms with E-state index >= 15 is 0 Å². The molecule has 2 aromatic carbocycles. The normalized spacial score (nSPS) is 19.4. The van der Waals surface area contributed by atoms with Gasteiger partial charge in [-0.25, -0.2) is 4.79 Å². The highest BCUT2D eigenvalue weighted by atomic mass is 16.5. The third kappa shape index (κ3) is 4.79. The second-order valence-corrected chi connectivity index (χ2v) is 9.90. The quantitative estimate of drug-likeness (QED) is 0.633. The van der Waals surface area contributed by atoms with Crippen LogP contribution in [-0.4, -0.2) is 52.7 Å². The van der Waals surface area contributed by atoms with Crippen molar-refractivity contribution in [2.24, 2.45) is 5.92 Å². The van der Waals surface area contributed by atoms with Crippen molar-refractivity contribution in [3.8, 4) is 11.1 Å². The first kappa shape index (κ1) is 23.8. The van der Waals surface area contributed by atoms with Gasteiger partial charge < -0.3 is 20.1 Å². The van der Waals surface area contributed by atoms with E-state index in [9.17, 15) is 19.5 Å². The lowest BCUT2D eigenvalue weighted by molar-refractivity contribution is -0.143. The van der Waals surface area contributed by atoms with Crippen molar-refractivity contribution in [2.45, 2.75) is 57.5 Å². The van der Waals surface area contributed by atoms with Gasteiger partial charge in [-0.15, -0.1) is 0 Å². The Morgan fingerprint density at radius 2 is 1.65 bits per heavy atom. The molecule has 2 amide bonds. The van der Waals surface area contributed by atoms with Crippen LogP contribution in [0, 0.1) is 5.92 Å². The van der Waals surface area contributed by atoms with Gasteiger partial charge in [-0.2, -0.15) is 0 Å². The third-order valence-electron chi connectivity index (χ3n) is 7.14. The van der Waals surface area contributed by atoms with Gasteiger partial charge in [-0.3, -0.25) is 9.59 Å². The molecule has 1 heterocycles. The summed E-state index contributed by atoms with van der Waals surface area (Å²) >= 11 is 0. The van der Waals surface area contributed by atoms with Gasteiger partial charge in [0.05, 0.1) is 5.92 Å². The SMILES string of the molecule is CC1C(C(=O)O)CCN1C(=O)CCC(C)(C)NC(=O)OCC1c2ccccc2-c2ccccc21. The van der Waals surface area contributed by atoms with Crippen molar-refractivity contribution in [1.29, 1.82) is 0 Å². The first-order chi connectivity index (χ1) is 16.2. The summed E-state index contributed by atoms with van der Waals surface area (Å²) in [6, 6.07) is 16.0. The maximum absolute atomic E-state index is 12.7. The summed E-state index contributed by atoms with van der Waals surface area (Å²) in [5.41, 5.74) is 4.01. The molecule has 34 heavy (non-hydrogen) atoms. The Labute approximate surface area is 200 Å². The molecule has 0 bridgehead atoms. The molecule has 2 unspecified atom stereocenters. The molecule has 0 radical (unpaired) electrons. The van der Waals surface area contributed by atoms with Crippen LogP contribution in [0.1, 0.15) is 57.1 Å². The summed E-state index contributed by atoms with van der Waals surface area (Å²) < 4.78 is 5.63.